The summed E-state index contributed by atoms with van der Waals surface area (Å²) in [5.41, 5.74) is 2.68. The molecular weight excluding hydrogens is 384 g/mol. The minimum atomic E-state index is -0.754. The summed E-state index contributed by atoms with van der Waals surface area (Å²) in [5.74, 6) is -1.10. The van der Waals surface area contributed by atoms with Crippen molar-refractivity contribution in [2.24, 2.45) is 0 Å². The third-order valence-corrected chi connectivity index (χ3v) is 4.60. The summed E-state index contributed by atoms with van der Waals surface area (Å²) < 4.78 is 4.49. The summed E-state index contributed by atoms with van der Waals surface area (Å²) in [6.45, 7) is 7.91. The molecule has 0 fully saturated rings. The van der Waals surface area contributed by atoms with Crippen LogP contribution in [0.25, 0.3) is 11.4 Å². The van der Waals surface area contributed by atoms with Gasteiger partial charge in [-0.15, -0.1) is 0 Å². The van der Waals surface area contributed by atoms with Crippen LogP contribution in [0.3, 0.4) is 0 Å². The zero-order valence-electron chi connectivity index (χ0n) is 17.3. The van der Waals surface area contributed by atoms with Gasteiger partial charge in [-0.05, 0) is 42.2 Å². The van der Waals surface area contributed by atoms with E-state index in [4.69, 9.17) is 0 Å². The summed E-state index contributed by atoms with van der Waals surface area (Å²) in [5, 5.41) is 9.06. The Morgan fingerprint density at radius 1 is 1.10 bits per heavy atom. The number of aromatic nitrogens is 2. The number of aromatic amines is 1. The second-order valence-electron chi connectivity index (χ2n) is 8.04. The lowest BCUT2D eigenvalue weighted by Gasteiger charge is -2.19. The maximum Gasteiger partial charge on any atom is 0.439 e. The first kappa shape index (κ1) is 21.0. The molecule has 8 heteroatoms. The predicted molar refractivity (Wildman–Crippen MR) is 113 cm³/mol. The van der Waals surface area contributed by atoms with Gasteiger partial charge in [-0.3, -0.25) is 19.1 Å². The van der Waals surface area contributed by atoms with Gasteiger partial charge in [0, 0.05) is 16.8 Å². The highest BCUT2D eigenvalue weighted by Crippen LogP contribution is 2.22. The van der Waals surface area contributed by atoms with Gasteiger partial charge in [0.25, 0.3) is 5.91 Å². The fourth-order valence-corrected chi connectivity index (χ4v) is 2.82. The van der Waals surface area contributed by atoms with Gasteiger partial charge < -0.3 is 10.6 Å². The number of nitrogens with one attached hydrogen (secondary N) is 3. The molecule has 3 rings (SSSR count). The van der Waals surface area contributed by atoms with Crippen molar-refractivity contribution in [3.05, 3.63) is 70.2 Å². The zero-order chi connectivity index (χ0) is 21.9. The smallest absolute Gasteiger partial charge is 0.341 e. The maximum absolute atomic E-state index is 12.5. The second kappa shape index (κ2) is 8.36. The Balaban J connectivity index is 1.63. The molecule has 1 aromatic heterocycles. The lowest BCUT2D eigenvalue weighted by atomic mass is 9.86. The van der Waals surface area contributed by atoms with Crippen LogP contribution >= 0.6 is 0 Å². The topological polar surface area (TPSA) is 117 Å². The van der Waals surface area contributed by atoms with E-state index in [9.17, 15) is 14.4 Å². The highest BCUT2D eigenvalue weighted by molar-refractivity contribution is 6.01. The Morgan fingerprint density at radius 3 is 2.40 bits per heavy atom. The molecule has 156 valence electrons. The second-order valence-corrected chi connectivity index (χ2v) is 8.04. The van der Waals surface area contributed by atoms with Crippen molar-refractivity contribution in [1.82, 2.24) is 15.5 Å². The van der Waals surface area contributed by atoms with Gasteiger partial charge in [-0.2, -0.15) is 0 Å². The van der Waals surface area contributed by atoms with Crippen LogP contribution in [-0.2, 0) is 10.2 Å². The molecule has 0 aliphatic carbocycles. The maximum atomic E-state index is 12.5. The molecule has 3 aromatic rings. The fourth-order valence-electron chi connectivity index (χ4n) is 2.82. The average molecular weight is 408 g/mol. The van der Waals surface area contributed by atoms with E-state index in [1.807, 2.05) is 12.1 Å². The Hall–Kier alpha value is -3.68. The number of carbonyl (C=O) groups is 2. The number of anilines is 1. The summed E-state index contributed by atoms with van der Waals surface area (Å²) in [4.78, 5) is 38.5. The normalized spacial score (nSPS) is 12.3. The van der Waals surface area contributed by atoms with Gasteiger partial charge in [-0.25, -0.2) is 4.79 Å². The molecular formula is C22H24N4O4. The van der Waals surface area contributed by atoms with Crippen LogP contribution < -0.4 is 16.4 Å². The molecule has 8 nitrogen and oxygen atoms in total. The van der Waals surface area contributed by atoms with Crippen molar-refractivity contribution in [3.63, 3.8) is 0 Å². The van der Waals surface area contributed by atoms with Crippen LogP contribution in [0.4, 0.5) is 5.69 Å². The van der Waals surface area contributed by atoms with E-state index in [0.29, 0.717) is 16.8 Å². The van der Waals surface area contributed by atoms with Crippen LogP contribution in [0.1, 0.15) is 43.6 Å². The Morgan fingerprint density at radius 2 is 1.80 bits per heavy atom. The van der Waals surface area contributed by atoms with Crippen LogP contribution in [0.5, 0.6) is 0 Å². The zero-order valence-corrected chi connectivity index (χ0v) is 17.3. The summed E-state index contributed by atoms with van der Waals surface area (Å²) in [7, 11) is 0. The largest absolute Gasteiger partial charge is 0.439 e. The molecule has 0 saturated carbocycles. The number of nitrogens with zero attached hydrogens (tertiary/aromatic N) is 1. The van der Waals surface area contributed by atoms with Crippen molar-refractivity contribution in [3.8, 4) is 11.4 Å². The molecule has 0 aliphatic heterocycles. The molecule has 0 saturated heterocycles. The number of amides is 2. The standard InChI is InChI=1S/C22H24N4O4/c1-13(23-20(28)14-8-10-16(11-9-14)22(2,3)4)19(27)24-17-7-5-6-15(12-17)18-25-21(29)30-26-18/h5-13H,1-4H3,(H,23,28)(H,24,27)(H,25,26,29). The van der Waals surface area contributed by atoms with E-state index in [2.05, 4.69) is 46.1 Å². The summed E-state index contributed by atoms with van der Waals surface area (Å²) >= 11 is 0. The highest BCUT2D eigenvalue weighted by Gasteiger charge is 2.18. The van der Waals surface area contributed by atoms with Crippen LogP contribution in [0, 0.1) is 0 Å². The minimum Gasteiger partial charge on any atom is -0.341 e. The van der Waals surface area contributed by atoms with Crippen LogP contribution in [-0.4, -0.2) is 28.0 Å². The molecule has 0 aliphatic rings. The number of H-pyrrole nitrogens is 1. The van der Waals surface area contributed by atoms with Crippen LogP contribution in [0.2, 0.25) is 0 Å². The van der Waals surface area contributed by atoms with E-state index >= 15 is 0 Å². The number of benzene rings is 2. The van der Waals surface area contributed by atoms with Gasteiger partial charge >= 0.3 is 5.76 Å². The number of hydrogen-bond acceptors (Lipinski definition) is 5. The van der Waals surface area contributed by atoms with Gasteiger partial charge in [-0.1, -0.05) is 50.2 Å². The third-order valence-electron chi connectivity index (χ3n) is 4.60. The Bertz CT molecular complexity index is 1110. The van der Waals surface area contributed by atoms with Crippen molar-refractivity contribution in [2.45, 2.75) is 39.2 Å². The number of rotatable bonds is 5. The lowest BCUT2D eigenvalue weighted by molar-refractivity contribution is -0.117. The van der Waals surface area contributed by atoms with Gasteiger partial charge in [0.2, 0.25) is 5.91 Å². The minimum absolute atomic E-state index is 0.00425. The fraction of sp³-hybridized carbons (Fsp3) is 0.273. The van der Waals surface area contributed by atoms with Crippen molar-refractivity contribution in [1.29, 1.82) is 0 Å². The summed E-state index contributed by atoms with van der Waals surface area (Å²) in [6.07, 6.45) is 0. The van der Waals surface area contributed by atoms with Crippen molar-refractivity contribution < 1.29 is 14.1 Å². The molecule has 1 heterocycles. The van der Waals surface area contributed by atoms with Crippen molar-refractivity contribution in [2.75, 3.05) is 5.32 Å². The quantitative estimate of drug-likeness (QED) is 0.600. The van der Waals surface area contributed by atoms with Gasteiger partial charge in [0.05, 0.1) is 0 Å². The molecule has 0 bridgehead atoms. The van der Waals surface area contributed by atoms with E-state index in [-0.39, 0.29) is 23.1 Å². The Kier molecular flexibility index (Phi) is 5.86. The van der Waals surface area contributed by atoms with E-state index in [1.54, 1.807) is 43.3 Å². The molecule has 30 heavy (non-hydrogen) atoms. The molecule has 0 spiro atoms. The first-order valence-electron chi connectivity index (χ1n) is 9.52. The first-order chi connectivity index (χ1) is 14.1. The van der Waals surface area contributed by atoms with Gasteiger partial charge in [0.1, 0.15) is 6.04 Å². The average Bonchev–Trinajstić information content (AvgIpc) is 3.14. The summed E-state index contributed by atoms with van der Waals surface area (Å²) in [6, 6.07) is 13.3. The third kappa shape index (κ3) is 5.02. The number of hydrogen-bond donors (Lipinski definition) is 3. The first-order valence-corrected chi connectivity index (χ1v) is 9.52. The monoisotopic (exact) mass is 408 g/mol. The molecule has 3 N–H and O–H groups in total. The van der Waals surface area contributed by atoms with Crippen molar-refractivity contribution >= 4 is 17.5 Å². The molecule has 2 amide bonds. The molecule has 2 aromatic carbocycles. The molecule has 1 unspecified atom stereocenters. The SMILES string of the molecule is CC(NC(=O)c1ccc(C(C)(C)C)cc1)C(=O)Nc1cccc(-c2noc(=O)[nH]2)c1. The molecule has 0 radical (unpaired) electrons. The Labute approximate surface area is 173 Å². The van der Waals surface area contributed by atoms with E-state index in [0.717, 1.165) is 5.56 Å². The lowest BCUT2D eigenvalue weighted by Crippen LogP contribution is -2.41. The van der Waals surface area contributed by atoms with E-state index < -0.39 is 11.8 Å². The highest BCUT2D eigenvalue weighted by atomic mass is 16.5. The van der Waals surface area contributed by atoms with Gasteiger partial charge in [0.15, 0.2) is 5.82 Å². The predicted octanol–water partition coefficient (Wildman–Crippen LogP) is 3.08. The number of carbonyl (C=O) groups excluding carboxylic acids is 2. The molecule has 1 atom stereocenters. The van der Waals surface area contributed by atoms with E-state index in [1.165, 1.54) is 0 Å². The van der Waals surface area contributed by atoms with Crippen LogP contribution in [0.15, 0.2) is 57.8 Å².